The van der Waals surface area contributed by atoms with Gasteiger partial charge in [-0.05, 0) is 7.05 Å². The van der Waals surface area contributed by atoms with Crippen LogP contribution in [0.3, 0.4) is 0 Å². The molecular formula is C8H13F2NO2S. The minimum atomic E-state index is -2.67. The lowest BCUT2D eigenvalue weighted by molar-refractivity contribution is -0.133. The maximum atomic E-state index is 13.2. The molecule has 1 saturated heterocycles. The summed E-state index contributed by atoms with van der Waals surface area (Å²) in [6, 6.07) is 0. The van der Waals surface area contributed by atoms with Gasteiger partial charge in [-0.3, -0.25) is 4.79 Å². The van der Waals surface area contributed by atoms with Crippen LogP contribution in [0.25, 0.3) is 0 Å². The van der Waals surface area contributed by atoms with Gasteiger partial charge in [0.1, 0.15) is 0 Å². The van der Waals surface area contributed by atoms with E-state index in [1.165, 1.54) is 0 Å². The minimum Gasteiger partial charge on any atom is -0.481 e. The van der Waals surface area contributed by atoms with Gasteiger partial charge in [-0.15, -0.1) is 11.8 Å². The van der Waals surface area contributed by atoms with Crippen molar-refractivity contribution in [2.75, 3.05) is 31.6 Å². The number of likely N-dealkylation sites (tertiary alicyclic amines) is 1. The van der Waals surface area contributed by atoms with Crippen molar-refractivity contribution < 1.29 is 18.7 Å². The first-order valence-corrected chi connectivity index (χ1v) is 5.43. The SMILES string of the molecule is CN1CC(CSCC(=O)O)C(F)(F)C1. The first-order valence-electron chi connectivity index (χ1n) is 4.27. The molecule has 1 aliphatic heterocycles. The van der Waals surface area contributed by atoms with Crippen LogP contribution >= 0.6 is 11.8 Å². The zero-order valence-corrected chi connectivity index (χ0v) is 8.69. The summed E-state index contributed by atoms with van der Waals surface area (Å²) in [5, 5.41) is 8.35. The van der Waals surface area contributed by atoms with Gasteiger partial charge in [-0.25, -0.2) is 8.78 Å². The highest BCUT2D eigenvalue weighted by atomic mass is 32.2. The van der Waals surface area contributed by atoms with Crippen LogP contribution in [0, 0.1) is 5.92 Å². The lowest BCUT2D eigenvalue weighted by Gasteiger charge is -2.16. The molecule has 0 aliphatic carbocycles. The van der Waals surface area contributed by atoms with E-state index in [1.807, 2.05) is 0 Å². The van der Waals surface area contributed by atoms with Crippen molar-refractivity contribution in [2.45, 2.75) is 5.92 Å². The zero-order valence-electron chi connectivity index (χ0n) is 7.87. The van der Waals surface area contributed by atoms with E-state index in [4.69, 9.17) is 5.11 Å². The molecule has 14 heavy (non-hydrogen) atoms. The minimum absolute atomic E-state index is 0.101. The van der Waals surface area contributed by atoms with Gasteiger partial charge >= 0.3 is 5.97 Å². The second-order valence-corrected chi connectivity index (χ2v) is 4.59. The van der Waals surface area contributed by atoms with Gasteiger partial charge in [0.05, 0.1) is 12.3 Å². The molecule has 6 heteroatoms. The topological polar surface area (TPSA) is 40.5 Å². The van der Waals surface area contributed by atoms with E-state index in [2.05, 4.69) is 0 Å². The standard InChI is InChI=1S/C8H13F2NO2S/c1-11-2-6(8(9,10)5-11)3-14-4-7(12)13/h6H,2-5H2,1H3,(H,12,13). The van der Waals surface area contributed by atoms with Gasteiger partial charge in [0.2, 0.25) is 0 Å². The van der Waals surface area contributed by atoms with E-state index in [0.29, 0.717) is 6.54 Å². The van der Waals surface area contributed by atoms with Crippen LogP contribution in [0.15, 0.2) is 0 Å². The van der Waals surface area contributed by atoms with Crippen LogP contribution in [0.1, 0.15) is 0 Å². The molecule has 1 aliphatic rings. The van der Waals surface area contributed by atoms with Crippen molar-refractivity contribution in [1.82, 2.24) is 4.90 Å². The van der Waals surface area contributed by atoms with E-state index >= 15 is 0 Å². The van der Waals surface area contributed by atoms with Crippen molar-refractivity contribution in [3.8, 4) is 0 Å². The van der Waals surface area contributed by atoms with E-state index in [-0.39, 0.29) is 18.1 Å². The summed E-state index contributed by atoms with van der Waals surface area (Å²) in [7, 11) is 1.65. The lowest BCUT2D eigenvalue weighted by Crippen LogP contribution is -2.28. The Kier molecular flexibility index (Phi) is 3.71. The third-order valence-electron chi connectivity index (χ3n) is 2.15. The van der Waals surface area contributed by atoms with E-state index in [0.717, 1.165) is 11.8 Å². The largest absolute Gasteiger partial charge is 0.481 e. The molecule has 0 radical (unpaired) electrons. The fourth-order valence-electron chi connectivity index (χ4n) is 1.53. The van der Waals surface area contributed by atoms with Crippen LogP contribution in [0.2, 0.25) is 0 Å². The van der Waals surface area contributed by atoms with Crippen molar-refractivity contribution in [1.29, 1.82) is 0 Å². The number of rotatable bonds is 4. The van der Waals surface area contributed by atoms with Crippen LogP contribution in [0.5, 0.6) is 0 Å². The van der Waals surface area contributed by atoms with Crippen LogP contribution in [-0.2, 0) is 4.79 Å². The van der Waals surface area contributed by atoms with Gasteiger partial charge in [0.15, 0.2) is 0 Å². The molecule has 0 saturated carbocycles. The summed E-state index contributed by atoms with van der Waals surface area (Å²) in [5.41, 5.74) is 0. The highest BCUT2D eigenvalue weighted by molar-refractivity contribution is 7.99. The molecule has 3 nitrogen and oxygen atoms in total. The Hall–Kier alpha value is -0.360. The summed E-state index contributed by atoms with van der Waals surface area (Å²) >= 11 is 1.06. The Morgan fingerprint density at radius 2 is 2.36 bits per heavy atom. The van der Waals surface area contributed by atoms with E-state index < -0.39 is 17.8 Å². The van der Waals surface area contributed by atoms with Crippen LogP contribution < -0.4 is 0 Å². The van der Waals surface area contributed by atoms with Crippen molar-refractivity contribution in [3.63, 3.8) is 0 Å². The quantitative estimate of drug-likeness (QED) is 0.775. The third-order valence-corrected chi connectivity index (χ3v) is 3.24. The molecule has 1 N–H and O–H groups in total. The number of carboxylic acid groups (broad SMARTS) is 1. The highest BCUT2D eigenvalue weighted by Gasteiger charge is 2.46. The molecule has 1 rings (SSSR count). The fourth-order valence-corrected chi connectivity index (χ4v) is 2.45. The average molecular weight is 225 g/mol. The number of aliphatic carboxylic acids is 1. The monoisotopic (exact) mass is 225 g/mol. The Labute approximate surface area is 85.5 Å². The molecule has 0 spiro atoms. The third kappa shape index (κ3) is 3.09. The maximum absolute atomic E-state index is 13.2. The molecule has 1 fully saturated rings. The summed E-state index contributed by atoms with van der Waals surface area (Å²) in [6.45, 7) is 0.130. The highest BCUT2D eigenvalue weighted by Crippen LogP contribution is 2.34. The number of halogens is 2. The molecule has 1 atom stereocenters. The fraction of sp³-hybridized carbons (Fsp3) is 0.875. The molecule has 0 amide bonds. The number of nitrogens with zero attached hydrogens (tertiary/aromatic N) is 1. The van der Waals surface area contributed by atoms with Crippen molar-refractivity contribution in [2.24, 2.45) is 5.92 Å². The van der Waals surface area contributed by atoms with Gasteiger partial charge in [0, 0.05) is 18.2 Å². The summed E-state index contributed by atoms with van der Waals surface area (Å²) in [6.07, 6.45) is 0. The smallest absolute Gasteiger partial charge is 0.313 e. The predicted molar refractivity (Wildman–Crippen MR) is 50.9 cm³/mol. The van der Waals surface area contributed by atoms with Crippen LogP contribution in [0.4, 0.5) is 8.78 Å². The number of hydrogen-bond acceptors (Lipinski definition) is 3. The molecule has 1 heterocycles. The second kappa shape index (κ2) is 4.44. The second-order valence-electron chi connectivity index (χ2n) is 3.56. The number of hydrogen-bond donors (Lipinski definition) is 1. The zero-order chi connectivity index (χ0) is 10.8. The number of carbonyl (C=O) groups is 1. The normalized spacial score (nSPS) is 26.6. The van der Waals surface area contributed by atoms with E-state index in [9.17, 15) is 13.6 Å². The van der Waals surface area contributed by atoms with Crippen molar-refractivity contribution in [3.05, 3.63) is 0 Å². The Morgan fingerprint density at radius 1 is 1.71 bits per heavy atom. The average Bonchev–Trinajstić information content (AvgIpc) is 2.24. The van der Waals surface area contributed by atoms with Crippen molar-refractivity contribution >= 4 is 17.7 Å². The van der Waals surface area contributed by atoms with Gasteiger partial charge in [-0.1, -0.05) is 0 Å². The number of carboxylic acids is 1. The van der Waals surface area contributed by atoms with Gasteiger partial charge in [-0.2, -0.15) is 0 Å². The predicted octanol–water partition coefficient (Wildman–Crippen LogP) is 1.00. The first kappa shape index (κ1) is 11.7. The van der Waals surface area contributed by atoms with Gasteiger partial charge < -0.3 is 10.0 Å². The molecule has 0 bridgehead atoms. The Bertz CT molecular complexity index is 225. The maximum Gasteiger partial charge on any atom is 0.313 e. The van der Waals surface area contributed by atoms with Gasteiger partial charge in [0.25, 0.3) is 5.92 Å². The summed E-state index contributed by atoms with van der Waals surface area (Å²) in [4.78, 5) is 11.8. The number of alkyl halides is 2. The molecule has 0 aromatic rings. The summed E-state index contributed by atoms with van der Waals surface area (Å²) < 4.78 is 26.4. The lowest BCUT2D eigenvalue weighted by atomic mass is 10.1. The first-order chi connectivity index (χ1) is 6.42. The summed E-state index contributed by atoms with van der Waals surface area (Å²) in [5.74, 6) is -4.22. The molecule has 0 aromatic carbocycles. The molecule has 82 valence electrons. The Morgan fingerprint density at radius 3 is 2.79 bits per heavy atom. The molecule has 1 unspecified atom stereocenters. The molecule has 0 aromatic heterocycles. The Balaban J connectivity index is 2.33. The van der Waals surface area contributed by atoms with E-state index in [1.54, 1.807) is 11.9 Å². The molecular weight excluding hydrogens is 212 g/mol. The number of thioether (sulfide) groups is 1. The van der Waals surface area contributed by atoms with Crippen LogP contribution in [-0.4, -0.2) is 53.5 Å².